The molecule has 198 valence electrons. The second kappa shape index (κ2) is 9.38. The zero-order valence-corrected chi connectivity index (χ0v) is 21.3. The number of carbonyl (C=O) groups excluding carboxylic acids is 3. The third-order valence-corrected chi connectivity index (χ3v) is 8.96. The maximum atomic E-state index is 13.6. The first-order chi connectivity index (χ1) is 16.0. The summed E-state index contributed by atoms with van der Waals surface area (Å²) in [5.74, 6) is -4.09. The van der Waals surface area contributed by atoms with Crippen LogP contribution in [0.15, 0.2) is 0 Å². The normalized spacial score (nSPS) is 30.9. The standard InChI is InChI=1S/C22H34F2N4O6S/c1-11-6-9-28(17(30)14(20(2,3)4)25-19(32)33)13(11)16(29)26-22(10-12(22)15(23)24)18(31)27-35(34)21(5)7-8-21/h11-15,25H,6-10H2,1-5H3,(H,26,29)(H,27,31)(H,32,33)/t11-,12?,13+,14-,22?,35?/m1/s1. The molecular weight excluding hydrogens is 486 g/mol. The number of hydrogen-bond acceptors (Lipinski definition) is 5. The van der Waals surface area contributed by atoms with E-state index in [0.29, 0.717) is 19.3 Å². The smallest absolute Gasteiger partial charge is 0.405 e. The molecule has 1 aliphatic heterocycles. The lowest BCUT2D eigenvalue weighted by Gasteiger charge is -2.35. The Morgan fingerprint density at radius 2 is 1.80 bits per heavy atom. The third kappa shape index (κ3) is 5.50. The molecule has 0 bridgehead atoms. The van der Waals surface area contributed by atoms with E-state index in [1.54, 1.807) is 34.6 Å². The molecule has 3 rings (SSSR count). The van der Waals surface area contributed by atoms with E-state index in [4.69, 9.17) is 0 Å². The minimum absolute atomic E-state index is 0.172. The summed E-state index contributed by atoms with van der Waals surface area (Å²) in [5.41, 5.74) is -2.71. The maximum absolute atomic E-state index is 13.6. The predicted octanol–water partition coefficient (Wildman–Crippen LogP) is 1.38. The summed E-state index contributed by atoms with van der Waals surface area (Å²) in [7, 11) is 0. The predicted molar refractivity (Wildman–Crippen MR) is 123 cm³/mol. The first-order valence-corrected chi connectivity index (χ1v) is 12.8. The minimum atomic E-state index is -2.88. The number of rotatable bonds is 8. The fraction of sp³-hybridized carbons (Fsp3) is 0.818. The van der Waals surface area contributed by atoms with Gasteiger partial charge >= 0.3 is 6.09 Å². The Morgan fingerprint density at radius 1 is 1.20 bits per heavy atom. The lowest BCUT2D eigenvalue weighted by Crippen LogP contribution is -2.61. The van der Waals surface area contributed by atoms with Crippen molar-refractivity contribution in [3.8, 4) is 0 Å². The molecule has 0 aromatic heterocycles. The number of likely N-dealkylation sites (tertiary alicyclic amines) is 1. The van der Waals surface area contributed by atoms with Gasteiger partial charge in [0, 0.05) is 19.4 Å². The van der Waals surface area contributed by atoms with Crippen molar-refractivity contribution >= 4 is 35.2 Å². The highest BCUT2D eigenvalue weighted by Gasteiger charge is 2.67. The van der Waals surface area contributed by atoms with Gasteiger partial charge in [0.2, 0.25) is 18.2 Å². The van der Waals surface area contributed by atoms with Crippen molar-refractivity contribution in [2.75, 3.05) is 6.54 Å². The molecule has 0 radical (unpaired) electrons. The van der Waals surface area contributed by atoms with Crippen molar-refractivity contribution < 1.29 is 37.6 Å². The molecule has 13 heteroatoms. The molecule has 1 heterocycles. The van der Waals surface area contributed by atoms with Gasteiger partial charge in [0.05, 0.1) is 17.3 Å². The molecule has 35 heavy (non-hydrogen) atoms. The largest absolute Gasteiger partial charge is 0.593 e. The molecule has 0 aromatic carbocycles. The van der Waals surface area contributed by atoms with Gasteiger partial charge < -0.3 is 25.2 Å². The van der Waals surface area contributed by atoms with Gasteiger partial charge in [-0.3, -0.25) is 14.4 Å². The van der Waals surface area contributed by atoms with Crippen molar-refractivity contribution in [2.45, 2.75) is 89.1 Å². The van der Waals surface area contributed by atoms with Crippen LogP contribution < -0.4 is 15.4 Å². The van der Waals surface area contributed by atoms with E-state index < -0.39 is 75.3 Å². The highest BCUT2D eigenvalue weighted by molar-refractivity contribution is 7.91. The van der Waals surface area contributed by atoms with Gasteiger partial charge in [0.15, 0.2) is 0 Å². The summed E-state index contributed by atoms with van der Waals surface area (Å²) in [5, 5.41) is 13.9. The maximum Gasteiger partial charge on any atom is 0.405 e. The van der Waals surface area contributed by atoms with E-state index in [0.717, 1.165) is 0 Å². The summed E-state index contributed by atoms with van der Waals surface area (Å²) in [6.07, 6.45) is -2.88. The monoisotopic (exact) mass is 520 g/mol. The second-order valence-electron chi connectivity index (χ2n) is 11.2. The summed E-state index contributed by atoms with van der Waals surface area (Å²) >= 11 is -1.78. The number of nitrogens with zero attached hydrogens (tertiary/aromatic N) is 1. The number of alkyl halides is 2. The Balaban J connectivity index is 1.80. The summed E-state index contributed by atoms with van der Waals surface area (Å²) in [4.78, 5) is 52.1. The van der Waals surface area contributed by atoms with Crippen molar-refractivity contribution in [1.29, 1.82) is 0 Å². The Bertz CT molecular complexity index is 896. The summed E-state index contributed by atoms with van der Waals surface area (Å²) in [6, 6.07) is -2.22. The van der Waals surface area contributed by atoms with Gasteiger partial charge in [-0.05, 0) is 31.1 Å². The van der Waals surface area contributed by atoms with E-state index in [-0.39, 0.29) is 18.9 Å². The van der Waals surface area contributed by atoms with E-state index in [1.165, 1.54) is 4.90 Å². The molecule has 3 aliphatic rings. The van der Waals surface area contributed by atoms with Gasteiger partial charge in [-0.25, -0.2) is 13.6 Å². The molecule has 6 atom stereocenters. The van der Waals surface area contributed by atoms with Gasteiger partial charge in [-0.1, -0.05) is 27.7 Å². The number of amides is 4. The van der Waals surface area contributed by atoms with Crippen molar-refractivity contribution in [3.63, 3.8) is 0 Å². The van der Waals surface area contributed by atoms with Gasteiger partial charge in [-0.2, -0.15) is 4.72 Å². The minimum Gasteiger partial charge on any atom is -0.593 e. The molecule has 3 unspecified atom stereocenters. The summed E-state index contributed by atoms with van der Waals surface area (Å²) < 4.78 is 41.3. The number of hydrogen-bond donors (Lipinski definition) is 4. The molecule has 1 saturated heterocycles. The van der Waals surface area contributed by atoms with Crippen molar-refractivity contribution in [3.05, 3.63) is 0 Å². The average Bonchev–Trinajstić information content (AvgIpc) is 3.62. The highest BCUT2D eigenvalue weighted by atomic mass is 32.2. The van der Waals surface area contributed by atoms with Gasteiger partial charge in [0.25, 0.3) is 5.91 Å². The highest BCUT2D eigenvalue weighted by Crippen LogP contribution is 2.49. The zero-order valence-electron chi connectivity index (χ0n) is 20.5. The number of carbonyl (C=O) groups is 4. The molecule has 4 N–H and O–H groups in total. The van der Waals surface area contributed by atoms with Crippen LogP contribution in [0.5, 0.6) is 0 Å². The van der Waals surface area contributed by atoms with E-state index in [9.17, 15) is 37.6 Å². The first kappa shape index (κ1) is 27.4. The lowest BCUT2D eigenvalue weighted by atomic mass is 9.85. The van der Waals surface area contributed by atoms with Crippen LogP contribution in [0.1, 0.15) is 60.3 Å². The first-order valence-electron chi connectivity index (χ1n) is 11.7. The van der Waals surface area contributed by atoms with E-state index in [1.807, 2.05) is 0 Å². The quantitative estimate of drug-likeness (QED) is 0.355. The molecule has 4 amide bonds. The van der Waals surface area contributed by atoms with Crippen LogP contribution in [0.25, 0.3) is 0 Å². The van der Waals surface area contributed by atoms with Crippen LogP contribution in [0.4, 0.5) is 13.6 Å². The number of halogens is 2. The molecule has 10 nitrogen and oxygen atoms in total. The number of nitrogens with one attached hydrogen (secondary N) is 3. The van der Waals surface area contributed by atoms with E-state index in [2.05, 4.69) is 15.4 Å². The van der Waals surface area contributed by atoms with Crippen LogP contribution in [0.2, 0.25) is 0 Å². The Labute approximate surface area is 206 Å². The molecular formula is C22H34F2N4O6S. The molecule has 2 saturated carbocycles. The molecule has 2 aliphatic carbocycles. The van der Waals surface area contributed by atoms with Crippen molar-refractivity contribution in [2.24, 2.45) is 17.3 Å². The zero-order chi connectivity index (χ0) is 26.5. The Morgan fingerprint density at radius 3 is 2.26 bits per heavy atom. The SMILES string of the molecule is C[C@@H]1CCN(C(=O)[C@@H](NC(=O)O)C(C)(C)C)[C@@H]1C(=O)NC1(C(=O)N[S+]([O-])C2(C)CC2)CC1C(F)F. The number of carboxylic acid groups (broad SMARTS) is 1. The van der Waals surface area contributed by atoms with Crippen LogP contribution >= 0.6 is 0 Å². The second-order valence-corrected chi connectivity index (χ2v) is 13.0. The fourth-order valence-corrected chi connectivity index (χ4v) is 5.61. The Hall–Kier alpha value is -2.15. The van der Waals surface area contributed by atoms with Crippen LogP contribution in [0, 0.1) is 17.3 Å². The molecule has 0 aromatic rings. The van der Waals surface area contributed by atoms with Crippen LogP contribution in [-0.2, 0) is 25.7 Å². The third-order valence-electron chi connectivity index (χ3n) is 7.29. The van der Waals surface area contributed by atoms with Crippen LogP contribution in [-0.4, -0.2) is 73.7 Å². The van der Waals surface area contributed by atoms with Gasteiger partial charge in [0.1, 0.15) is 22.4 Å². The van der Waals surface area contributed by atoms with Crippen LogP contribution in [0.3, 0.4) is 0 Å². The topological polar surface area (TPSA) is 151 Å². The Kier molecular flexibility index (Phi) is 7.35. The van der Waals surface area contributed by atoms with E-state index >= 15 is 0 Å². The van der Waals surface area contributed by atoms with Crippen molar-refractivity contribution in [1.82, 2.24) is 20.3 Å². The lowest BCUT2D eigenvalue weighted by molar-refractivity contribution is -0.143. The molecule has 0 spiro atoms. The van der Waals surface area contributed by atoms with Gasteiger partial charge in [-0.15, -0.1) is 0 Å². The molecule has 3 fully saturated rings. The fourth-order valence-electron chi connectivity index (χ4n) is 4.54. The average molecular weight is 521 g/mol. The summed E-state index contributed by atoms with van der Waals surface area (Å²) in [6.45, 7) is 8.64.